The average molecular weight is 443 g/mol. The molecule has 1 fully saturated rings. The van der Waals surface area contributed by atoms with Crippen molar-refractivity contribution in [3.8, 4) is 22.4 Å². The summed E-state index contributed by atoms with van der Waals surface area (Å²) in [4.78, 5) is 0. The molecule has 166 valence electrons. The molecule has 1 saturated heterocycles. The van der Waals surface area contributed by atoms with Crippen molar-refractivity contribution in [3.05, 3.63) is 91.1 Å². The first-order valence-electron chi connectivity index (χ1n) is 12.2. The zero-order valence-electron chi connectivity index (χ0n) is 20.1. The summed E-state index contributed by atoms with van der Waals surface area (Å²) in [6, 6.07) is 31.1. The number of hydrogen-bond donors (Lipinski definition) is 0. The van der Waals surface area contributed by atoms with Gasteiger partial charge in [-0.05, 0) is 38.8 Å². The summed E-state index contributed by atoms with van der Waals surface area (Å²) in [6.07, 6.45) is 0.933. The van der Waals surface area contributed by atoms with Crippen molar-refractivity contribution in [3.63, 3.8) is 0 Å². The molecular weight excluding hydrogens is 416 g/mol. The van der Waals surface area contributed by atoms with Crippen molar-refractivity contribution < 1.29 is 13.8 Å². The van der Waals surface area contributed by atoms with E-state index in [9.17, 15) is 0 Å². The van der Waals surface area contributed by atoms with Gasteiger partial charge in [0.25, 0.3) is 0 Å². The zero-order chi connectivity index (χ0) is 23.3. The third-order valence-electron chi connectivity index (χ3n) is 8.74. The SMILES string of the molecule is CC1(C)OB(c2ccc3[n+](c2)[B-]2(c4ccccc4-c4ccccc42)c2ccccc2-3)OC1(C)C. The fourth-order valence-electron chi connectivity index (χ4n) is 6.46. The van der Waals surface area contributed by atoms with Gasteiger partial charge in [0, 0.05) is 17.1 Å². The van der Waals surface area contributed by atoms with Gasteiger partial charge in [-0.2, -0.15) is 0 Å². The standard InChI is InChI=1S/C29H27B2NO2/c1-28(2)29(3,4)34-30(33-28)20-17-18-27-23-13-7-10-16-26(23)31(32(27)19-20)24-14-8-5-11-21(24)22-12-6-9-15-25(22)31/h5-19H,1-4H3. The lowest BCUT2D eigenvalue weighted by atomic mass is 9.26. The van der Waals surface area contributed by atoms with Crippen LogP contribution in [0.5, 0.6) is 0 Å². The molecule has 4 aromatic rings. The first-order chi connectivity index (χ1) is 16.3. The van der Waals surface area contributed by atoms with Gasteiger partial charge >= 0.3 is 13.4 Å². The van der Waals surface area contributed by atoms with Crippen LogP contribution in [0.15, 0.2) is 91.1 Å². The Labute approximate surface area is 201 Å². The van der Waals surface area contributed by atoms with Crippen LogP contribution < -0.4 is 26.3 Å². The molecule has 1 aromatic heterocycles. The predicted octanol–water partition coefficient (Wildman–Crippen LogP) is 2.75. The molecule has 1 spiro atoms. The van der Waals surface area contributed by atoms with Gasteiger partial charge in [-0.25, -0.2) is 0 Å². The van der Waals surface area contributed by atoms with Crippen LogP contribution in [0, 0.1) is 0 Å². The Hall–Kier alpha value is -3.14. The molecule has 0 unspecified atom stereocenters. The molecule has 3 aromatic carbocycles. The van der Waals surface area contributed by atoms with E-state index in [2.05, 4.69) is 123 Å². The largest absolute Gasteiger partial charge is 0.500 e. The van der Waals surface area contributed by atoms with Gasteiger partial charge < -0.3 is 13.8 Å². The molecule has 0 atom stereocenters. The van der Waals surface area contributed by atoms with Crippen LogP contribution >= 0.6 is 0 Å². The predicted molar refractivity (Wildman–Crippen MR) is 140 cm³/mol. The molecule has 7 rings (SSSR count). The summed E-state index contributed by atoms with van der Waals surface area (Å²) in [5.74, 6) is 0. The highest BCUT2D eigenvalue weighted by molar-refractivity contribution is 7.09. The topological polar surface area (TPSA) is 22.3 Å². The van der Waals surface area contributed by atoms with Gasteiger partial charge in [0.1, 0.15) is 6.20 Å². The Bertz CT molecular complexity index is 1410. The highest BCUT2D eigenvalue weighted by Crippen LogP contribution is 2.37. The number of aromatic nitrogens is 1. The molecule has 0 saturated carbocycles. The van der Waals surface area contributed by atoms with Crippen molar-refractivity contribution in [2.24, 2.45) is 0 Å². The first-order valence-corrected chi connectivity index (χ1v) is 12.2. The van der Waals surface area contributed by atoms with Crippen LogP contribution in [-0.2, 0) is 9.31 Å². The van der Waals surface area contributed by atoms with E-state index in [1.54, 1.807) is 0 Å². The van der Waals surface area contributed by atoms with Crippen LogP contribution in [-0.4, -0.2) is 24.6 Å². The van der Waals surface area contributed by atoms with E-state index in [0.29, 0.717) is 0 Å². The van der Waals surface area contributed by atoms with Crippen LogP contribution in [0.1, 0.15) is 27.7 Å². The number of pyridine rings is 1. The molecule has 34 heavy (non-hydrogen) atoms. The Kier molecular flexibility index (Phi) is 3.87. The summed E-state index contributed by atoms with van der Waals surface area (Å²) in [5.41, 5.74) is 9.64. The first kappa shape index (κ1) is 20.3. The van der Waals surface area contributed by atoms with Gasteiger partial charge in [-0.3, -0.25) is 0 Å². The molecule has 3 aliphatic heterocycles. The van der Waals surface area contributed by atoms with Crippen molar-refractivity contribution in [2.45, 2.75) is 38.9 Å². The van der Waals surface area contributed by atoms with E-state index >= 15 is 0 Å². The quantitative estimate of drug-likeness (QED) is 0.365. The summed E-state index contributed by atoms with van der Waals surface area (Å²) in [7, 11) is -0.397. The van der Waals surface area contributed by atoms with Crippen molar-refractivity contribution in [2.75, 3.05) is 0 Å². The van der Waals surface area contributed by atoms with Gasteiger partial charge in [-0.1, -0.05) is 78.9 Å². The van der Waals surface area contributed by atoms with E-state index in [-0.39, 0.29) is 11.2 Å². The minimum absolute atomic E-state index is 0.375. The van der Waals surface area contributed by atoms with Crippen LogP contribution in [0.3, 0.4) is 0 Å². The fraction of sp³-hybridized carbons (Fsp3) is 0.207. The number of fused-ring (bicyclic) bond motifs is 10. The third kappa shape index (κ3) is 2.34. The molecule has 5 heteroatoms. The molecular formula is C29H27B2NO2. The lowest BCUT2D eigenvalue weighted by molar-refractivity contribution is -0.523. The van der Waals surface area contributed by atoms with Gasteiger partial charge in [0.2, 0.25) is 0 Å². The molecule has 3 aliphatic rings. The second-order valence-electron chi connectivity index (χ2n) is 10.9. The summed E-state index contributed by atoms with van der Waals surface area (Å²) in [6.45, 7) is 8.44. The number of hydrogen-bond acceptors (Lipinski definition) is 2. The number of benzene rings is 3. The Balaban J connectivity index is 1.53. The zero-order valence-corrected chi connectivity index (χ0v) is 20.1. The molecule has 0 radical (unpaired) electrons. The molecule has 0 amide bonds. The highest BCUT2D eigenvalue weighted by atomic mass is 16.7. The minimum atomic E-state index is -1.35. The van der Waals surface area contributed by atoms with Gasteiger partial charge in [0.15, 0.2) is 5.69 Å². The third-order valence-corrected chi connectivity index (χ3v) is 8.74. The Morgan fingerprint density at radius 1 is 0.618 bits per heavy atom. The summed E-state index contributed by atoms with van der Waals surface area (Å²) >= 11 is 0. The molecule has 3 nitrogen and oxygen atoms in total. The normalized spacial score (nSPS) is 19.6. The van der Waals surface area contributed by atoms with Crippen molar-refractivity contribution in [1.82, 2.24) is 0 Å². The average Bonchev–Trinajstić information content (AvgIpc) is 3.39. The number of nitrogens with zero attached hydrogens (tertiary/aromatic N) is 1. The fourth-order valence-corrected chi connectivity index (χ4v) is 6.46. The van der Waals surface area contributed by atoms with Gasteiger partial charge in [0.05, 0.1) is 11.2 Å². The maximum Gasteiger partial charge on any atom is 0.500 e. The lowest BCUT2D eigenvalue weighted by Gasteiger charge is -2.32. The van der Waals surface area contributed by atoms with E-state index in [1.165, 1.54) is 38.8 Å². The van der Waals surface area contributed by atoms with E-state index in [4.69, 9.17) is 9.31 Å². The van der Waals surface area contributed by atoms with Crippen LogP contribution in [0.4, 0.5) is 0 Å². The smallest absolute Gasteiger partial charge is 0.408 e. The molecule has 0 aliphatic carbocycles. The minimum Gasteiger partial charge on any atom is -0.408 e. The number of rotatable bonds is 1. The summed E-state index contributed by atoms with van der Waals surface area (Å²) < 4.78 is 15.4. The molecule has 0 bridgehead atoms. The van der Waals surface area contributed by atoms with Gasteiger partial charge in [-0.15, -0.1) is 16.4 Å². The summed E-state index contributed by atoms with van der Waals surface area (Å²) in [5, 5.41) is 0. The van der Waals surface area contributed by atoms with Crippen molar-refractivity contribution >= 4 is 35.3 Å². The van der Waals surface area contributed by atoms with Crippen LogP contribution in [0.2, 0.25) is 0 Å². The van der Waals surface area contributed by atoms with Crippen molar-refractivity contribution in [1.29, 1.82) is 0 Å². The maximum atomic E-state index is 6.45. The monoisotopic (exact) mass is 443 g/mol. The Morgan fingerprint density at radius 2 is 1.09 bits per heavy atom. The molecule has 0 N–H and O–H groups in total. The van der Waals surface area contributed by atoms with Crippen LogP contribution in [0.25, 0.3) is 22.4 Å². The van der Waals surface area contributed by atoms with E-state index in [1.807, 2.05) is 0 Å². The lowest BCUT2D eigenvalue weighted by Crippen LogP contribution is -2.81. The van der Waals surface area contributed by atoms with E-state index < -0.39 is 13.4 Å². The highest BCUT2D eigenvalue weighted by Gasteiger charge is 2.56. The maximum absolute atomic E-state index is 6.45. The molecule has 4 heterocycles. The van der Waals surface area contributed by atoms with E-state index in [0.717, 1.165) is 5.46 Å². The second-order valence-corrected chi connectivity index (χ2v) is 10.9. The second kappa shape index (κ2) is 6.50. The Morgan fingerprint density at radius 3 is 1.65 bits per heavy atom.